The van der Waals surface area contributed by atoms with Crippen LogP contribution in [0.3, 0.4) is 0 Å². The summed E-state index contributed by atoms with van der Waals surface area (Å²) in [6.45, 7) is 4.79. The van der Waals surface area contributed by atoms with Crippen LogP contribution in [0.15, 0.2) is 18.2 Å². The standard InChI is InChI=1S/C14H14ClN3O2/c1-8-9(2)17-14(15)18-13(8)16-6-10-3-4-11-12(5-10)20-7-19-11/h3-5H,6-7H2,1-2H3,(H,16,17,18). The molecule has 0 radical (unpaired) electrons. The van der Waals surface area contributed by atoms with Crippen molar-refractivity contribution >= 4 is 17.4 Å². The summed E-state index contributed by atoms with van der Waals surface area (Å²) in [7, 11) is 0. The predicted molar refractivity (Wildman–Crippen MR) is 76.4 cm³/mol. The van der Waals surface area contributed by atoms with Crippen molar-refractivity contribution in [1.82, 2.24) is 9.97 Å². The van der Waals surface area contributed by atoms with E-state index in [1.165, 1.54) is 0 Å². The number of hydrogen-bond donors (Lipinski definition) is 1. The molecule has 0 bridgehead atoms. The van der Waals surface area contributed by atoms with Crippen molar-refractivity contribution in [2.24, 2.45) is 0 Å². The molecule has 1 aromatic heterocycles. The third-order valence-corrected chi connectivity index (χ3v) is 3.43. The summed E-state index contributed by atoms with van der Waals surface area (Å²) in [5.74, 6) is 2.31. The number of rotatable bonds is 3. The Bertz CT molecular complexity index is 661. The fourth-order valence-corrected chi connectivity index (χ4v) is 2.21. The van der Waals surface area contributed by atoms with Gasteiger partial charge in [-0.05, 0) is 43.1 Å². The Kier molecular flexibility index (Phi) is 3.36. The molecule has 3 rings (SSSR count). The third kappa shape index (κ3) is 2.49. The number of ether oxygens (including phenoxy) is 2. The van der Waals surface area contributed by atoms with Crippen molar-refractivity contribution < 1.29 is 9.47 Å². The zero-order chi connectivity index (χ0) is 14.1. The molecule has 0 aliphatic carbocycles. The van der Waals surface area contributed by atoms with Crippen molar-refractivity contribution in [3.8, 4) is 11.5 Å². The second-order valence-electron chi connectivity index (χ2n) is 4.59. The van der Waals surface area contributed by atoms with E-state index in [2.05, 4.69) is 15.3 Å². The van der Waals surface area contributed by atoms with Gasteiger partial charge < -0.3 is 14.8 Å². The molecule has 2 heterocycles. The van der Waals surface area contributed by atoms with Gasteiger partial charge in [0.25, 0.3) is 0 Å². The number of benzene rings is 1. The molecule has 1 N–H and O–H groups in total. The molecule has 6 heteroatoms. The molecule has 0 saturated carbocycles. The quantitative estimate of drug-likeness (QED) is 0.881. The lowest BCUT2D eigenvalue weighted by Crippen LogP contribution is -2.05. The molecule has 1 aliphatic heterocycles. The van der Waals surface area contributed by atoms with E-state index in [4.69, 9.17) is 21.1 Å². The summed E-state index contributed by atoms with van der Waals surface area (Å²) < 4.78 is 10.6. The first-order valence-corrected chi connectivity index (χ1v) is 6.64. The smallest absolute Gasteiger partial charge is 0.231 e. The molecule has 5 nitrogen and oxygen atoms in total. The molecule has 2 aromatic rings. The van der Waals surface area contributed by atoms with Gasteiger partial charge in [0, 0.05) is 17.8 Å². The van der Waals surface area contributed by atoms with Crippen LogP contribution in [0, 0.1) is 13.8 Å². The topological polar surface area (TPSA) is 56.3 Å². The van der Waals surface area contributed by atoms with Gasteiger partial charge in [0.1, 0.15) is 5.82 Å². The van der Waals surface area contributed by atoms with E-state index in [-0.39, 0.29) is 12.1 Å². The Morgan fingerprint density at radius 1 is 1.20 bits per heavy atom. The van der Waals surface area contributed by atoms with E-state index in [9.17, 15) is 0 Å². The van der Waals surface area contributed by atoms with Gasteiger partial charge in [-0.25, -0.2) is 9.97 Å². The van der Waals surface area contributed by atoms with Crippen LogP contribution < -0.4 is 14.8 Å². The highest BCUT2D eigenvalue weighted by Gasteiger charge is 2.13. The highest BCUT2D eigenvalue weighted by Crippen LogP contribution is 2.32. The van der Waals surface area contributed by atoms with Gasteiger partial charge in [-0.1, -0.05) is 6.07 Å². The second kappa shape index (κ2) is 5.17. The van der Waals surface area contributed by atoms with E-state index in [0.29, 0.717) is 6.54 Å². The minimum absolute atomic E-state index is 0.251. The molecule has 20 heavy (non-hydrogen) atoms. The maximum Gasteiger partial charge on any atom is 0.231 e. The molecule has 0 amide bonds. The zero-order valence-electron chi connectivity index (χ0n) is 11.2. The third-order valence-electron chi connectivity index (χ3n) is 3.26. The SMILES string of the molecule is Cc1nc(Cl)nc(NCc2ccc3c(c2)OCO3)c1C. The summed E-state index contributed by atoms with van der Waals surface area (Å²) in [6, 6.07) is 5.86. The lowest BCUT2D eigenvalue weighted by atomic mass is 10.2. The summed E-state index contributed by atoms with van der Waals surface area (Å²) in [4.78, 5) is 8.32. The number of halogens is 1. The van der Waals surface area contributed by atoms with Crippen LogP contribution in [-0.2, 0) is 6.54 Å². The van der Waals surface area contributed by atoms with Gasteiger partial charge in [0.05, 0.1) is 0 Å². The van der Waals surface area contributed by atoms with Crippen molar-refractivity contribution in [3.05, 3.63) is 40.3 Å². The number of nitrogens with zero attached hydrogens (tertiary/aromatic N) is 2. The largest absolute Gasteiger partial charge is 0.454 e. The first-order chi connectivity index (χ1) is 9.63. The van der Waals surface area contributed by atoms with Crippen molar-refractivity contribution in [2.45, 2.75) is 20.4 Å². The Hall–Kier alpha value is -2.01. The minimum Gasteiger partial charge on any atom is -0.454 e. The van der Waals surface area contributed by atoms with Crippen molar-refractivity contribution in [3.63, 3.8) is 0 Å². The lowest BCUT2D eigenvalue weighted by molar-refractivity contribution is 0.174. The number of anilines is 1. The maximum absolute atomic E-state index is 5.88. The van der Waals surface area contributed by atoms with Crippen LogP contribution in [0.2, 0.25) is 5.28 Å². The van der Waals surface area contributed by atoms with E-state index in [1.54, 1.807) is 0 Å². The fraction of sp³-hybridized carbons (Fsp3) is 0.286. The molecule has 0 atom stereocenters. The van der Waals surface area contributed by atoms with Gasteiger partial charge >= 0.3 is 0 Å². The fourth-order valence-electron chi connectivity index (χ4n) is 2.00. The van der Waals surface area contributed by atoms with Crippen LogP contribution in [-0.4, -0.2) is 16.8 Å². The molecule has 1 aromatic carbocycles. The monoisotopic (exact) mass is 291 g/mol. The molecule has 0 fully saturated rings. The van der Waals surface area contributed by atoms with E-state index < -0.39 is 0 Å². The minimum atomic E-state index is 0.251. The Balaban J connectivity index is 1.77. The van der Waals surface area contributed by atoms with E-state index >= 15 is 0 Å². The molecular weight excluding hydrogens is 278 g/mol. The van der Waals surface area contributed by atoms with Gasteiger partial charge in [-0.15, -0.1) is 0 Å². The van der Waals surface area contributed by atoms with Crippen LogP contribution in [0.5, 0.6) is 11.5 Å². The number of fused-ring (bicyclic) bond motifs is 1. The van der Waals surface area contributed by atoms with Gasteiger partial charge in [0.2, 0.25) is 12.1 Å². The number of hydrogen-bond acceptors (Lipinski definition) is 5. The first kappa shape index (κ1) is 13.0. The molecule has 0 spiro atoms. The van der Waals surface area contributed by atoms with Gasteiger partial charge in [0.15, 0.2) is 11.5 Å². The Morgan fingerprint density at radius 2 is 2.00 bits per heavy atom. The predicted octanol–water partition coefficient (Wildman–Crippen LogP) is 3.09. The van der Waals surface area contributed by atoms with Crippen molar-refractivity contribution in [1.29, 1.82) is 0 Å². The first-order valence-electron chi connectivity index (χ1n) is 6.26. The highest BCUT2D eigenvalue weighted by atomic mass is 35.5. The lowest BCUT2D eigenvalue weighted by Gasteiger charge is -2.10. The molecule has 1 aliphatic rings. The Morgan fingerprint density at radius 3 is 2.85 bits per heavy atom. The summed E-state index contributed by atoms with van der Waals surface area (Å²) in [5.41, 5.74) is 2.95. The number of nitrogens with one attached hydrogen (secondary N) is 1. The van der Waals surface area contributed by atoms with Gasteiger partial charge in [-0.3, -0.25) is 0 Å². The summed E-state index contributed by atoms with van der Waals surface area (Å²) >= 11 is 5.88. The van der Waals surface area contributed by atoms with Crippen LogP contribution in [0.1, 0.15) is 16.8 Å². The van der Waals surface area contributed by atoms with Crippen LogP contribution in [0.25, 0.3) is 0 Å². The molecule has 0 saturated heterocycles. The van der Waals surface area contributed by atoms with E-state index in [1.807, 2.05) is 32.0 Å². The Labute approximate surface area is 121 Å². The summed E-state index contributed by atoms with van der Waals surface area (Å²) in [6.07, 6.45) is 0. The molecule has 0 unspecified atom stereocenters. The van der Waals surface area contributed by atoms with Crippen LogP contribution >= 0.6 is 11.6 Å². The maximum atomic E-state index is 5.88. The molecule has 104 valence electrons. The highest BCUT2D eigenvalue weighted by molar-refractivity contribution is 6.28. The normalized spacial score (nSPS) is 12.6. The number of aromatic nitrogens is 2. The average molecular weight is 292 g/mol. The van der Waals surface area contributed by atoms with E-state index in [0.717, 1.165) is 34.1 Å². The zero-order valence-corrected chi connectivity index (χ0v) is 12.0. The second-order valence-corrected chi connectivity index (χ2v) is 4.93. The number of aryl methyl sites for hydroxylation is 1. The van der Waals surface area contributed by atoms with Crippen molar-refractivity contribution in [2.75, 3.05) is 12.1 Å². The summed E-state index contributed by atoms with van der Waals surface area (Å²) in [5, 5.41) is 3.52. The van der Waals surface area contributed by atoms with Gasteiger partial charge in [-0.2, -0.15) is 0 Å². The molecular formula is C14H14ClN3O2. The average Bonchev–Trinajstić information content (AvgIpc) is 2.88. The van der Waals surface area contributed by atoms with Crippen LogP contribution in [0.4, 0.5) is 5.82 Å².